The minimum atomic E-state index is 0.817. The van der Waals surface area contributed by atoms with E-state index in [1.54, 1.807) is 0 Å². The third kappa shape index (κ3) is 11.3. The van der Waals surface area contributed by atoms with Crippen LogP contribution >= 0.6 is 49.7 Å². The second-order valence-electron chi connectivity index (χ2n) is 8.72. The molecule has 0 aromatic carbocycles. The van der Waals surface area contributed by atoms with Gasteiger partial charge < -0.3 is 0 Å². The smallest absolute Gasteiger partial charge is 0.230 e. The fourth-order valence-corrected chi connectivity index (χ4v) is 5.19. The van der Waals surface area contributed by atoms with Crippen LogP contribution in [0.25, 0.3) is 0 Å². The van der Waals surface area contributed by atoms with Crippen molar-refractivity contribution in [3.8, 4) is 0 Å². The number of hydrogen-bond acceptors (Lipinski definition) is 2. The number of nitrogens with zero attached hydrogens (tertiary/aromatic N) is 2. The Morgan fingerprint density at radius 3 is 0.931 bits per heavy atom. The van der Waals surface area contributed by atoms with Crippen LogP contribution in [0.5, 0.6) is 0 Å². The second-order valence-corrected chi connectivity index (χ2v) is 10.9. The first-order valence-electron chi connectivity index (χ1n) is 12.0. The summed E-state index contributed by atoms with van der Waals surface area (Å²) in [4.78, 5) is 0. The van der Waals surface area contributed by atoms with Crippen LogP contribution in [-0.2, 0) is 0 Å². The van der Waals surface area contributed by atoms with Crippen molar-refractivity contribution in [2.75, 3.05) is 32.8 Å². The van der Waals surface area contributed by atoms with Gasteiger partial charge in [0, 0.05) is 0 Å². The molecule has 0 aromatic heterocycles. The van der Waals surface area contributed by atoms with E-state index in [0.29, 0.717) is 0 Å². The molecule has 0 N–H and O–H groups in total. The molecule has 29 heavy (non-hydrogen) atoms. The fourth-order valence-electron chi connectivity index (χ4n) is 4.19. The summed E-state index contributed by atoms with van der Waals surface area (Å²) in [7, 11) is 0. The largest absolute Gasteiger partial charge is 0.235 e. The van der Waals surface area contributed by atoms with Crippen LogP contribution < -0.4 is 0 Å². The van der Waals surface area contributed by atoms with Gasteiger partial charge in [-0.05, 0) is 75.8 Å². The molecule has 0 saturated carbocycles. The lowest BCUT2D eigenvalue weighted by Crippen LogP contribution is -2.66. The molecule has 0 fully saturated rings. The van der Waals surface area contributed by atoms with E-state index in [9.17, 15) is 0 Å². The van der Waals surface area contributed by atoms with Crippen LogP contribution in [0.4, 0.5) is 0 Å². The number of thiocarbonyl (C=S) groups is 2. The van der Waals surface area contributed by atoms with Crippen LogP contribution in [0.3, 0.4) is 0 Å². The Kier molecular flexibility index (Phi) is 17.8. The minimum Gasteiger partial charge on any atom is -0.230 e. The molecule has 0 radical (unpaired) electrons. The van der Waals surface area contributed by atoms with Gasteiger partial charge in [-0.15, -0.1) is 0 Å². The van der Waals surface area contributed by atoms with Gasteiger partial charge >= 0.3 is 0 Å². The van der Waals surface area contributed by atoms with E-state index in [-0.39, 0.29) is 0 Å². The van der Waals surface area contributed by atoms with Crippen molar-refractivity contribution >= 4 is 58.3 Å². The number of unbranched alkanes of at least 4 members (excludes halogenated alkanes) is 8. The molecular formula is C23H48N2S4+2. The third-order valence-corrected chi connectivity index (χ3v) is 7.73. The Balaban J connectivity index is 5.83. The van der Waals surface area contributed by atoms with E-state index < -0.39 is 0 Å². The van der Waals surface area contributed by atoms with Crippen LogP contribution in [0, 0.1) is 0 Å². The molecule has 0 aromatic rings. The Morgan fingerprint density at radius 2 is 0.759 bits per heavy atom. The van der Waals surface area contributed by atoms with Crippen molar-refractivity contribution in [1.29, 1.82) is 0 Å². The molecule has 2 nitrogen and oxygen atoms in total. The van der Waals surface area contributed by atoms with Crippen LogP contribution in [0.15, 0.2) is 0 Å². The highest BCUT2D eigenvalue weighted by Gasteiger charge is 2.43. The van der Waals surface area contributed by atoms with E-state index >= 15 is 0 Å². The quantitative estimate of drug-likeness (QED) is 0.0676. The molecule has 0 unspecified atom stereocenters. The van der Waals surface area contributed by atoms with Crippen molar-refractivity contribution in [2.24, 2.45) is 0 Å². The average molecular weight is 481 g/mol. The van der Waals surface area contributed by atoms with Gasteiger partial charge in [-0.3, -0.25) is 0 Å². The highest BCUT2D eigenvalue weighted by atomic mass is 32.1. The maximum absolute atomic E-state index is 5.81. The zero-order valence-corrected chi connectivity index (χ0v) is 23.0. The first kappa shape index (κ1) is 29.8. The molecule has 0 aliphatic heterocycles. The molecule has 0 amide bonds. The van der Waals surface area contributed by atoms with Gasteiger partial charge in [-0.25, -0.2) is 8.97 Å². The first-order chi connectivity index (χ1) is 13.8. The zero-order valence-electron chi connectivity index (χ0n) is 19.6. The van der Waals surface area contributed by atoms with Crippen LogP contribution in [-0.4, -0.2) is 50.5 Å². The van der Waals surface area contributed by atoms with E-state index in [1.807, 2.05) is 0 Å². The van der Waals surface area contributed by atoms with Crippen molar-refractivity contribution < 1.29 is 8.97 Å². The second kappa shape index (κ2) is 17.4. The maximum atomic E-state index is 5.81. The number of thiol groups is 2. The van der Waals surface area contributed by atoms with Crippen molar-refractivity contribution in [3.05, 3.63) is 0 Å². The Hall–Kier alpha value is 0.800. The summed E-state index contributed by atoms with van der Waals surface area (Å²) in [6, 6.07) is 0. The predicted octanol–water partition coefficient (Wildman–Crippen LogP) is 7.77. The summed E-state index contributed by atoms with van der Waals surface area (Å²) in [5.41, 5.74) is 0. The number of rotatable bonds is 18. The standard InChI is InChI=1S/C23H46N2S4/c1-5-9-13-17-24(22(26)27,18-14-10-6-2)21-25(23(28)29,19-15-11-7-3)20-16-12-8-4/h5-21H2,1-4H3/p+2. The first-order valence-corrected chi connectivity index (χ1v) is 13.7. The fraction of sp³-hybridized carbons (Fsp3) is 0.913. The summed E-state index contributed by atoms with van der Waals surface area (Å²) in [5.74, 6) is 0. The molecule has 6 heteroatoms. The molecule has 0 atom stereocenters. The van der Waals surface area contributed by atoms with E-state index in [4.69, 9.17) is 49.7 Å². The van der Waals surface area contributed by atoms with E-state index in [1.165, 1.54) is 77.0 Å². The van der Waals surface area contributed by atoms with Gasteiger partial charge in [-0.1, -0.05) is 78.6 Å². The molecule has 0 bridgehead atoms. The summed E-state index contributed by atoms with van der Waals surface area (Å²) in [6.07, 6.45) is 14.7. The predicted molar refractivity (Wildman–Crippen MR) is 146 cm³/mol. The van der Waals surface area contributed by atoms with Crippen LogP contribution in [0.2, 0.25) is 0 Å². The summed E-state index contributed by atoms with van der Waals surface area (Å²) in [5, 5.41) is 0. The monoisotopic (exact) mass is 480 g/mol. The Labute approximate surface area is 204 Å². The SMILES string of the molecule is CCCCC[N+](CCCCC)(C[N+](CCCCC)(CCCCC)C(=S)S)C(=S)S. The lowest BCUT2D eigenvalue weighted by Gasteiger charge is -2.45. The molecule has 172 valence electrons. The minimum absolute atomic E-state index is 0.817. The van der Waals surface area contributed by atoms with Gasteiger partial charge in [0.1, 0.15) is 0 Å². The molecule has 0 heterocycles. The summed E-state index contributed by atoms with van der Waals surface area (Å²) < 4.78 is 3.32. The third-order valence-electron chi connectivity index (χ3n) is 6.11. The van der Waals surface area contributed by atoms with Gasteiger partial charge in [0.2, 0.25) is 15.3 Å². The lowest BCUT2D eigenvalue weighted by molar-refractivity contribution is -1.02. The van der Waals surface area contributed by atoms with Gasteiger partial charge in [0.05, 0.1) is 26.2 Å². The highest BCUT2D eigenvalue weighted by Crippen LogP contribution is 2.26. The number of hydrogen-bond donors (Lipinski definition) is 2. The van der Waals surface area contributed by atoms with Gasteiger partial charge in [-0.2, -0.15) is 0 Å². The molecule has 0 rings (SSSR count). The van der Waals surface area contributed by atoms with Crippen molar-refractivity contribution in [2.45, 2.75) is 105 Å². The summed E-state index contributed by atoms with van der Waals surface area (Å²) in [6.45, 7) is 14.3. The maximum Gasteiger partial charge on any atom is 0.235 e. The van der Waals surface area contributed by atoms with Gasteiger partial charge in [0.15, 0.2) is 0 Å². The molecular weight excluding hydrogens is 433 g/mol. The van der Waals surface area contributed by atoms with Crippen LogP contribution in [0.1, 0.15) is 105 Å². The zero-order chi connectivity index (χ0) is 22.2. The van der Waals surface area contributed by atoms with Crippen molar-refractivity contribution in [3.63, 3.8) is 0 Å². The normalized spacial score (nSPS) is 12.3. The van der Waals surface area contributed by atoms with E-state index in [0.717, 1.165) is 50.5 Å². The molecule has 0 aliphatic carbocycles. The Bertz CT molecular complexity index is 394. The summed E-state index contributed by atoms with van der Waals surface area (Å²) >= 11 is 21.2. The highest BCUT2D eigenvalue weighted by molar-refractivity contribution is 8.10. The topological polar surface area (TPSA) is 0 Å². The molecule has 0 aliphatic rings. The van der Waals surface area contributed by atoms with Gasteiger partial charge in [0.25, 0.3) is 0 Å². The lowest BCUT2D eigenvalue weighted by atomic mass is 10.1. The Morgan fingerprint density at radius 1 is 0.517 bits per heavy atom. The molecule has 0 spiro atoms. The van der Waals surface area contributed by atoms with E-state index in [2.05, 4.69) is 27.7 Å². The number of quaternary nitrogens is 2. The van der Waals surface area contributed by atoms with Crippen molar-refractivity contribution in [1.82, 2.24) is 0 Å². The molecule has 0 saturated heterocycles. The average Bonchev–Trinajstić information content (AvgIpc) is 2.68.